The third kappa shape index (κ3) is 4.43. The molecule has 0 aliphatic heterocycles. The summed E-state index contributed by atoms with van der Waals surface area (Å²) in [7, 11) is 1.42. The number of nitrogens with two attached hydrogens (primary N) is 1. The Labute approximate surface area is 109 Å². The molecule has 0 aliphatic rings. The Morgan fingerprint density at radius 2 is 2.26 bits per heavy atom. The predicted octanol–water partition coefficient (Wildman–Crippen LogP) is 0.752. The van der Waals surface area contributed by atoms with Gasteiger partial charge >= 0.3 is 5.69 Å². The number of nitrogens with zero attached hydrogens (tertiary/aromatic N) is 1. The summed E-state index contributed by atoms with van der Waals surface area (Å²) in [6.45, 7) is 0.181. The van der Waals surface area contributed by atoms with E-state index in [1.807, 2.05) is 5.43 Å². The van der Waals surface area contributed by atoms with Crippen molar-refractivity contribution >= 4 is 11.6 Å². The summed E-state index contributed by atoms with van der Waals surface area (Å²) in [6.07, 6.45) is 0.604. The van der Waals surface area contributed by atoms with E-state index in [0.29, 0.717) is 12.2 Å². The van der Waals surface area contributed by atoms with E-state index >= 15 is 0 Å². The van der Waals surface area contributed by atoms with Crippen molar-refractivity contribution in [1.82, 2.24) is 5.43 Å². The number of carbonyl (C=O) groups is 1. The van der Waals surface area contributed by atoms with Crippen molar-refractivity contribution in [2.75, 3.05) is 13.7 Å². The van der Waals surface area contributed by atoms with Crippen molar-refractivity contribution in [1.29, 1.82) is 0 Å². The molecule has 0 heterocycles. The molecule has 0 aromatic heterocycles. The molecule has 19 heavy (non-hydrogen) atoms. The molecular formula is C11H15N3O5. The molecule has 1 amide bonds. The molecule has 0 unspecified atom stereocenters. The van der Waals surface area contributed by atoms with Crippen LogP contribution in [0, 0.1) is 10.1 Å². The smallest absolute Gasteiger partial charge is 0.314 e. The molecule has 0 aliphatic carbocycles. The molecule has 1 rings (SSSR count). The maximum atomic E-state index is 10.9. The van der Waals surface area contributed by atoms with Gasteiger partial charge in [0.2, 0.25) is 5.91 Å². The second kappa shape index (κ2) is 7.17. The zero-order chi connectivity index (χ0) is 14.3. The van der Waals surface area contributed by atoms with Gasteiger partial charge in [0.25, 0.3) is 0 Å². The maximum Gasteiger partial charge on any atom is 0.314 e. The van der Waals surface area contributed by atoms with Gasteiger partial charge in [0.15, 0.2) is 5.75 Å². The van der Waals surface area contributed by atoms with Crippen LogP contribution < -0.4 is 20.7 Å². The lowest BCUT2D eigenvalue weighted by atomic mass is 10.2. The Bertz CT molecular complexity index is 464. The van der Waals surface area contributed by atoms with Crippen molar-refractivity contribution in [3.63, 3.8) is 0 Å². The highest BCUT2D eigenvalue weighted by Gasteiger charge is 2.16. The number of nitro groups is 1. The molecule has 0 saturated heterocycles. The highest BCUT2D eigenvalue weighted by Crippen LogP contribution is 2.31. The maximum absolute atomic E-state index is 10.9. The van der Waals surface area contributed by atoms with E-state index in [4.69, 9.17) is 15.3 Å². The summed E-state index contributed by atoms with van der Waals surface area (Å²) in [5.74, 6) is 5.12. The molecule has 0 atom stereocenters. The first kappa shape index (κ1) is 14.7. The topological polar surface area (TPSA) is 117 Å². The molecule has 104 valence electrons. The first-order chi connectivity index (χ1) is 9.08. The molecule has 0 bridgehead atoms. The van der Waals surface area contributed by atoms with Crippen LogP contribution in [0.2, 0.25) is 0 Å². The SMILES string of the molecule is COc1ccc(OCCCC(=O)NN)c([N+](=O)[O-])c1. The largest absolute Gasteiger partial charge is 0.496 e. The highest BCUT2D eigenvalue weighted by atomic mass is 16.6. The van der Waals surface area contributed by atoms with Crippen LogP contribution in [0.15, 0.2) is 18.2 Å². The van der Waals surface area contributed by atoms with E-state index in [1.54, 1.807) is 6.07 Å². The van der Waals surface area contributed by atoms with E-state index in [9.17, 15) is 14.9 Å². The lowest BCUT2D eigenvalue weighted by molar-refractivity contribution is -0.385. The van der Waals surface area contributed by atoms with E-state index in [2.05, 4.69) is 0 Å². The van der Waals surface area contributed by atoms with Gasteiger partial charge in [0.05, 0.1) is 24.7 Å². The van der Waals surface area contributed by atoms with Gasteiger partial charge in [-0.2, -0.15) is 0 Å². The number of amides is 1. The van der Waals surface area contributed by atoms with E-state index in [0.717, 1.165) is 0 Å². The van der Waals surface area contributed by atoms with Crippen molar-refractivity contribution < 1.29 is 19.2 Å². The third-order valence-electron chi connectivity index (χ3n) is 2.33. The minimum absolute atomic E-state index is 0.138. The average Bonchev–Trinajstić information content (AvgIpc) is 2.43. The Morgan fingerprint density at radius 3 is 2.84 bits per heavy atom. The number of nitro benzene ring substituents is 1. The fourth-order valence-electron chi connectivity index (χ4n) is 1.38. The summed E-state index contributed by atoms with van der Waals surface area (Å²) in [6, 6.07) is 4.30. The number of carbonyl (C=O) groups excluding carboxylic acids is 1. The average molecular weight is 269 g/mol. The van der Waals surface area contributed by atoms with Gasteiger partial charge in [-0.25, -0.2) is 5.84 Å². The molecule has 1 aromatic carbocycles. The number of ether oxygens (including phenoxy) is 2. The molecule has 0 spiro atoms. The highest BCUT2D eigenvalue weighted by molar-refractivity contribution is 5.75. The molecule has 3 N–H and O–H groups in total. The molecule has 0 saturated carbocycles. The number of nitrogens with one attached hydrogen (secondary N) is 1. The fourth-order valence-corrected chi connectivity index (χ4v) is 1.38. The van der Waals surface area contributed by atoms with Crippen LogP contribution in [0.4, 0.5) is 5.69 Å². The van der Waals surface area contributed by atoms with Gasteiger partial charge in [0, 0.05) is 6.42 Å². The summed E-state index contributed by atoms with van der Waals surface area (Å²) in [5.41, 5.74) is 1.81. The molecule has 0 fully saturated rings. The Hall–Kier alpha value is -2.35. The van der Waals surface area contributed by atoms with Crippen LogP contribution in [-0.2, 0) is 4.79 Å². The van der Waals surface area contributed by atoms with Crippen molar-refractivity contribution in [2.24, 2.45) is 5.84 Å². The van der Waals surface area contributed by atoms with Gasteiger partial charge in [-0.05, 0) is 18.6 Å². The quantitative estimate of drug-likeness (QED) is 0.248. The molecular weight excluding hydrogens is 254 g/mol. The normalized spacial score (nSPS) is 9.79. The van der Waals surface area contributed by atoms with Crippen LogP contribution in [0.1, 0.15) is 12.8 Å². The monoisotopic (exact) mass is 269 g/mol. The van der Waals surface area contributed by atoms with Crippen molar-refractivity contribution in [3.8, 4) is 11.5 Å². The minimum atomic E-state index is -0.551. The zero-order valence-corrected chi connectivity index (χ0v) is 10.4. The minimum Gasteiger partial charge on any atom is -0.496 e. The second-order valence-corrected chi connectivity index (χ2v) is 3.61. The first-order valence-electron chi connectivity index (χ1n) is 5.53. The third-order valence-corrected chi connectivity index (χ3v) is 2.33. The van der Waals surface area contributed by atoms with Gasteiger partial charge in [-0.15, -0.1) is 0 Å². The number of hydrogen-bond donors (Lipinski definition) is 2. The fraction of sp³-hybridized carbons (Fsp3) is 0.364. The second-order valence-electron chi connectivity index (χ2n) is 3.61. The van der Waals surface area contributed by atoms with E-state index in [-0.39, 0.29) is 30.4 Å². The van der Waals surface area contributed by atoms with Crippen molar-refractivity contribution in [3.05, 3.63) is 28.3 Å². The summed E-state index contributed by atoms with van der Waals surface area (Å²) >= 11 is 0. The summed E-state index contributed by atoms with van der Waals surface area (Å²) in [4.78, 5) is 21.2. The molecule has 8 nitrogen and oxygen atoms in total. The molecule has 1 aromatic rings. The van der Waals surface area contributed by atoms with Crippen molar-refractivity contribution in [2.45, 2.75) is 12.8 Å². The van der Waals surface area contributed by atoms with Crippen LogP contribution in [0.5, 0.6) is 11.5 Å². The van der Waals surface area contributed by atoms with Gasteiger partial charge < -0.3 is 9.47 Å². The summed E-state index contributed by atoms with van der Waals surface area (Å²) in [5, 5.41) is 10.9. The van der Waals surface area contributed by atoms with Crippen LogP contribution in [0.25, 0.3) is 0 Å². The first-order valence-corrected chi connectivity index (χ1v) is 5.53. The van der Waals surface area contributed by atoms with Crippen LogP contribution in [-0.4, -0.2) is 24.5 Å². The molecule has 8 heteroatoms. The number of methoxy groups -OCH3 is 1. The lowest BCUT2D eigenvalue weighted by Gasteiger charge is -2.07. The Balaban J connectivity index is 2.62. The van der Waals surface area contributed by atoms with E-state index < -0.39 is 4.92 Å². The Morgan fingerprint density at radius 1 is 1.53 bits per heavy atom. The standard InChI is InChI=1S/C11H15N3O5/c1-18-8-4-5-10(9(7-8)14(16)17)19-6-2-3-11(15)13-12/h4-5,7H,2-3,6,12H2,1H3,(H,13,15). The number of benzene rings is 1. The van der Waals surface area contributed by atoms with Crippen LogP contribution >= 0.6 is 0 Å². The zero-order valence-electron chi connectivity index (χ0n) is 10.4. The number of hydrogen-bond acceptors (Lipinski definition) is 6. The van der Waals surface area contributed by atoms with Crippen LogP contribution in [0.3, 0.4) is 0 Å². The van der Waals surface area contributed by atoms with Gasteiger partial charge in [0.1, 0.15) is 5.75 Å². The number of rotatable bonds is 7. The van der Waals surface area contributed by atoms with Gasteiger partial charge in [-0.1, -0.05) is 0 Å². The number of hydrazine groups is 1. The lowest BCUT2D eigenvalue weighted by Crippen LogP contribution is -2.29. The summed E-state index contributed by atoms with van der Waals surface area (Å²) < 4.78 is 10.2. The predicted molar refractivity (Wildman–Crippen MR) is 66.7 cm³/mol. The Kier molecular flexibility index (Phi) is 5.55. The molecule has 0 radical (unpaired) electrons. The van der Waals surface area contributed by atoms with Gasteiger partial charge in [-0.3, -0.25) is 20.3 Å². The van der Waals surface area contributed by atoms with E-state index in [1.165, 1.54) is 19.2 Å².